The van der Waals surface area contributed by atoms with Crippen molar-refractivity contribution in [2.24, 2.45) is 0 Å². The van der Waals surface area contributed by atoms with E-state index in [1.807, 2.05) is 0 Å². The van der Waals surface area contributed by atoms with Crippen molar-refractivity contribution in [3.63, 3.8) is 0 Å². The summed E-state index contributed by atoms with van der Waals surface area (Å²) in [6, 6.07) is -0.955. The molecule has 1 saturated heterocycles. The second-order valence-electron chi connectivity index (χ2n) is 7.43. The molecule has 1 aliphatic heterocycles. The molecule has 2 atom stereocenters. The van der Waals surface area contributed by atoms with Crippen LogP contribution in [-0.4, -0.2) is 48.0 Å². The van der Waals surface area contributed by atoms with Crippen LogP contribution in [0.5, 0.6) is 0 Å². The molecule has 0 aromatic carbocycles. The fourth-order valence-electron chi connectivity index (χ4n) is 1.92. The maximum atomic E-state index is 11.9. The Kier molecular flexibility index (Phi) is 5.98. The maximum absolute atomic E-state index is 11.9. The third-order valence-corrected chi connectivity index (χ3v) is 2.71. The van der Waals surface area contributed by atoms with E-state index in [2.05, 4.69) is 15.4 Å². The third-order valence-electron chi connectivity index (χ3n) is 2.71. The molecule has 0 aromatic heterocycles. The van der Waals surface area contributed by atoms with E-state index in [-0.39, 0.29) is 6.04 Å². The second-order valence-corrected chi connectivity index (χ2v) is 7.43. The van der Waals surface area contributed by atoms with Gasteiger partial charge in [0.05, 0.1) is 0 Å². The molecule has 1 heterocycles. The van der Waals surface area contributed by atoms with Crippen molar-refractivity contribution in [3.8, 4) is 0 Å². The van der Waals surface area contributed by atoms with Crippen molar-refractivity contribution in [2.75, 3.05) is 6.54 Å². The normalized spacial score (nSPS) is 21.5. The lowest BCUT2D eigenvalue weighted by Gasteiger charge is -2.21. The molecular formula is C15H26N2O6. The molecule has 0 aromatic rings. The first kappa shape index (κ1) is 19.2. The number of ether oxygens (including phenoxy) is 3. The predicted octanol–water partition coefficient (Wildman–Crippen LogP) is 1.72. The molecule has 2 N–H and O–H groups in total. The molecule has 0 saturated carbocycles. The van der Waals surface area contributed by atoms with E-state index in [4.69, 9.17) is 9.47 Å². The lowest BCUT2D eigenvalue weighted by Crippen LogP contribution is -2.40. The highest BCUT2D eigenvalue weighted by molar-refractivity contribution is 5.86. The van der Waals surface area contributed by atoms with Crippen molar-refractivity contribution in [2.45, 2.75) is 71.2 Å². The van der Waals surface area contributed by atoms with Gasteiger partial charge in [-0.05, 0) is 48.0 Å². The number of rotatable bonds is 2. The lowest BCUT2D eigenvalue weighted by atomic mass is 10.2. The summed E-state index contributed by atoms with van der Waals surface area (Å²) in [4.78, 5) is 35.0. The molecule has 1 fully saturated rings. The Bertz CT molecular complexity index is 464. The Morgan fingerprint density at radius 2 is 1.57 bits per heavy atom. The number of hydrogen-bond donors (Lipinski definition) is 2. The SMILES string of the molecule is CC(C)(C)OC(=O)N[C@H]1CN[C@H](C(=O)OC(=O)OC(C)(C)C)C1. The van der Waals surface area contributed by atoms with Crippen LogP contribution in [0.1, 0.15) is 48.0 Å². The molecule has 0 radical (unpaired) electrons. The predicted molar refractivity (Wildman–Crippen MR) is 81.9 cm³/mol. The van der Waals surface area contributed by atoms with E-state index in [1.54, 1.807) is 41.5 Å². The van der Waals surface area contributed by atoms with Crippen LogP contribution in [-0.2, 0) is 19.0 Å². The first-order valence-corrected chi connectivity index (χ1v) is 7.53. The molecule has 1 aliphatic rings. The van der Waals surface area contributed by atoms with Crippen molar-refractivity contribution in [3.05, 3.63) is 0 Å². The van der Waals surface area contributed by atoms with Gasteiger partial charge < -0.3 is 24.8 Å². The summed E-state index contributed by atoms with van der Waals surface area (Å²) < 4.78 is 14.7. The number of hydrogen-bond acceptors (Lipinski definition) is 7. The zero-order chi connectivity index (χ0) is 17.8. The summed E-state index contributed by atoms with van der Waals surface area (Å²) in [5.41, 5.74) is -1.33. The lowest BCUT2D eigenvalue weighted by molar-refractivity contribution is -0.143. The minimum absolute atomic E-state index is 0.277. The minimum Gasteiger partial charge on any atom is -0.444 e. The summed E-state index contributed by atoms with van der Waals surface area (Å²) in [5, 5.41) is 5.55. The smallest absolute Gasteiger partial charge is 0.444 e. The minimum atomic E-state index is -1.03. The van der Waals surface area contributed by atoms with Crippen molar-refractivity contribution in [1.29, 1.82) is 0 Å². The topological polar surface area (TPSA) is 103 Å². The van der Waals surface area contributed by atoms with Gasteiger partial charge in [-0.3, -0.25) is 0 Å². The van der Waals surface area contributed by atoms with Crippen molar-refractivity contribution in [1.82, 2.24) is 10.6 Å². The molecule has 132 valence electrons. The maximum Gasteiger partial charge on any atom is 0.516 e. The van der Waals surface area contributed by atoms with Crippen LogP contribution in [0.15, 0.2) is 0 Å². The summed E-state index contributed by atoms with van der Waals surface area (Å²) >= 11 is 0. The van der Waals surface area contributed by atoms with Gasteiger partial charge in [-0.2, -0.15) is 0 Å². The molecule has 8 nitrogen and oxygen atoms in total. The van der Waals surface area contributed by atoms with Gasteiger partial charge in [0.2, 0.25) is 0 Å². The summed E-state index contributed by atoms with van der Waals surface area (Å²) in [7, 11) is 0. The highest BCUT2D eigenvalue weighted by atomic mass is 16.7. The van der Waals surface area contributed by atoms with Gasteiger partial charge in [-0.25, -0.2) is 14.4 Å². The monoisotopic (exact) mass is 330 g/mol. The average molecular weight is 330 g/mol. The molecule has 0 unspecified atom stereocenters. The van der Waals surface area contributed by atoms with Gasteiger partial charge in [0.1, 0.15) is 17.2 Å². The van der Waals surface area contributed by atoms with E-state index < -0.39 is 35.5 Å². The molecule has 0 spiro atoms. The average Bonchev–Trinajstić information content (AvgIpc) is 2.71. The van der Waals surface area contributed by atoms with Crippen LogP contribution in [0, 0.1) is 0 Å². The molecule has 0 bridgehead atoms. The standard InChI is InChI=1S/C15H26N2O6/c1-14(2,3)22-12(19)17-9-7-10(16-8-9)11(18)21-13(20)23-15(4,5)6/h9-10,16H,7-8H2,1-6H3,(H,17,19)/t9-,10+/m1/s1. The van der Waals surface area contributed by atoms with Crippen molar-refractivity contribution >= 4 is 18.2 Å². The zero-order valence-corrected chi connectivity index (χ0v) is 14.5. The van der Waals surface area contributed by atoms with Crippen LogP contribution in [0.3, 0.4) is 0 Å². The number of alkyl carbamates (subject to hydrolysis) is 1. The van der Waals surface area contributed by atoms with Gasteiger partial charge in [-0.1, -0.05) is 0 Å². The van der Waals surface area contributed by atoms with Gasteiger partial charge in [0.15, 0.2) is 0 Å². The zero-order valence-electron chi connectivity index (χ0n) is 14.5. The Labute approximate surface area is 136 Å². The third kappa shape index (κ3) is 7.83. The quantitative estimate of drug-likeness (QED) is 0.587. The number of carbonyl (C=O) groups excluding carboxylic acids is 3. The van der Waals surface area contributed by atoms with Crippen LogP contribution in [0.4, 0.5) is 9.59 Å². The van der Waals surface area contributed by atoms with E-state index in [0.29, 0.717) is 13.0 Å². The summed E-state index contributed by atoms with van der Waals surface area (Å²) in [6.07, 6.45) is -1.28. The molecule has 1 amide bonds. The first-order valence-electron chi connectivity index (χ1n) is 7.53. The van der Waals surface area contributed by atoms with Crippen LogP contribution in [0.25, 0.3) is 0 Å². The first-order chi connectivity index (χ1) is 10.4. The second kappa shape index (κ2) is 7.16. The van der Waals surface area contributed by atoms with E-state index >= 15 is 0 Å². The largest absolute Gasteiger partial charge is 0.516 e. The fourth-order valence-corrected chi connectivity index (χ4v) is 1.92. The van der Waals surface area contributed by atoms with Crippen LogP contribution in [0.2, 0.25) is 0 Å². The van der Waals surface area contributed by atoms with Gasteiger partial charge >= 0.3 is 18.2 Å². The number of esters is 1. The van der Waals surface area contributed by atoms with Crippen LogP contribution >= 0.6 is 0 Å². The molecule has 0 aliphatic carbocycles. The highest BCUT2D eigenvalue weighted by Gasteiger charge is 2.34. The molecule has 8 heteroatoms. The number of nitrogens with one attached hydrogen (secondary N) is 2. The Morgan fingerprint density at radius 1 is 1.00 bits per heavy atom. The van der Waals surface area contributed by atoms with Crippen molar-refractivity contribution < 1.29 is 28.6 Å². The highest BCUT2D eigenvalue weighted by Crippen LogP contribution is 2.13. The Hall–Kier alpha value is -1.83. The van der Waals surface area contributed by atoms with E-state index in [9.17, 15) is 14.4 Å². The van der Waals surface area contributed by atoms with E-state index in [0.717, 1.165) is 0 Å². The van der Waals surface area contributed by atoms with Gasteiger partial charge in [0, 0.05) is 12.6 Å². The van der Waals surface area contributed by atoms with E-state index in [1.165, 1.54) is 0 Å². The Morgan fingerprint density at radius 3 is 2.09 bits per heavy atom. The van der Waals surface area contributed by atoms with Gasteiger partial charge in [0.25, 0.3) is 0 Å². The number of carbonyl (C=O) groups is 3. The summed E-state index contributed by atoms with van der Waals surface area (Å²) in [6.45, 7) is 10.7. The Balaban J connectivity index is 2.40. The number of amides is 1. The molecule has 23 heavy (non-hydrogen) atoms. The summed E-state index contributed by atoms with van der Waals surface area (Å²) in [5.74, 6) is -0.729. The molecular weight excluding hydrogens is 304 g/mol. The van der Waals surface area contributed by atoms with Crippen LogP contribution < -0.4 is 10.6 Å². The molecule has 1 rings (SSSR count). The van der Waals surface area contributed by atoms with Gasteiger partial charge in [-0.15, -0.1) is 0 Å². The fraction of sp³-hybridized carbons (Fsp3) is 0.800.